The molecule has 0 bridgehead atoms. The van der Waals surface area contributed by atoms with Crippen LogP contribution in [0.3, 0.4) is 0 Å². The number of carbonyl (C=O) groups is 1. The molecule has 4 nitrogen and oxygen atoms in total. The van der Waals surface area contributed by atoms with Gasteiger partial charge in [0.1, 0.15) is 11.1 Å². The monoisotopic (exact) mass is 350 g/mol. The number of hydrogen-bond donors (Lipinski definition) is 1. The van der Waals surface area contributed by atoms with Gasteiger partial charge in [0.2, 0.25) is 5.91 Å². The van der Waals surface area contributed by atoms with E-state index in [2.05, 4.69) is 31.3 Å². The van der Waals surface area contributed by atoms with Crippen molar-refractivity contribution in [2.24, 2.45) is 0 Å². The van der Waals surface area contributed by atoms with E-state index in [1.54, 1.807) is 11.8 Å². The average Bonchev–Trinajstić information content (AvgIpc) is 2.96. The van der Waals surface area contributed by atoms with Crippen LogP contribution in [-0.4, -0.2) is 42.8 Å². The number of ether oxygens (including phenoxy) is 1. The summed E-state index contributed by atoms with van der Waals surface area (Å²) >= 11 is 1.72. The van der Waals surface area contributed by atoms with Gasteiger partial charge >= 0.3 is 0 Å². The summed E-state index contributed by atoms with van der Waals surface area (Å²) in [5, 5.41) is 3.55. The van der Waals surface area contributed by atoms with Gasteiger partial charge in [-0.25, -0.2) is 0 Å². The van der Waals surface area contributed by atoms with Crippen molar-refractivity contribution in [1.29, 1.82) is 0 Å². The number of thioether (sulfide) groups is 1. The minimum Gasteiger partial charge on any atom is -0.494 e. The molecule has 0 radical (unpaired) electrons. The maximum absolute atomic E-state index is 12.2. The third kappa shape index (κ3) is 5.71. The molecule has 0 spiro atoms. The minimum atomic E-state index is 0.147. The quantitative estimate of drug-likeness (QED) is 0.616. The van der Waals surface area contributed by atoms with Crippen molar-refractivity contribution in [3.8, 4) is 5.75 Å². The molecule has 24 heavy (non-hydrogen) atoms. The Kier molecular flexibility index (Phi) is 8.47. The molecule has 2 rings (SSSR count). The predicted octanol–water partition coefficient (Wildman–Crippen LogP) is 3.83. The van der Waals surface area contributed by atoms with Crippen LogP contribution in [0.1, 0.15) is 50.5 Å². The highest BCUT2D eigenvalue weighted by Gasteiger charge is 2.32. The molecular weight excluding hydrogens is 320 g/mol. The smallest absolute Gasteiger partial charge is 0.233 e. The fourth-order valence-electron chi connectivity index (χ4n) is 2.71. The van der Waals surface area contributed by atoms with E-state index >= 15 is 0 Å². The van der Waals surface area contributed by atoms with Gasteiger partial charge < -0.3 is 15.0 Å². The van der Waals surface area contributed by atoms with Crippen molar-refractivity contribution in [1.82, 2.24) is 10.2 Å². The largest absolute Gasteiger partial charge is 0.494 e. The Hall–Kier alpha value is -1.20. The lowest BCUT2D eigenvalue weighted by Gasteiger charge is -2.24. The third-order valence-electron chi connectivity index (χ3n) is 4.08. The number of benzene rings is 1. The Labute approximate surface area is 150 Å². The zero-order valence-corrected chi connectivity index (χ0v) is 15.7. The second-order valence-electron chi connectivity index (χ2n) is 6.13. The summed E-state index contributed by atoms with van der Waals surface area (Å²) in [5.41, 5.74) is 1.19. The first-order valence-electron chi connectivity index (χ1n) is 9.10. The summed E-state index contributed by atoms with van der Waals surface area (Å²) in [4.78, 5) is 14.2. The number of amides is 1. The summed E-state index contributed by atoms with van der Waals surface area (Å²) in [6.07, 6.45) is 4.37. The first-order chi connectivity index (χ1) is 11.8. The van der Waals surface area contributed by atoms with E-state index in [1.165, 1.54) is 5.56 Å². The average molecular weight is 351 g/mol. The van der Waals surface area contributed by atoms with Crippen LogP contribution in [0.25, 0.3) is 0 Å². The lowest BCUT2D eigenvalue weighted by atomic mass is 10.2. The Morgan fingerprint density at radius 1 is 1.17 bits per heavy atom. The van der Waals surface area contributed by atoms with Crippen LogP contribution in [0.4, 0.5) is 0 Å². The van der Waals surface area contributed by atoms with Gasteiger partial charge in [-0.05, 0) is 50.0 Å². The molecule has 1 fully saturated rings. The van der Waals surface area contributed by atoms with E-state index in [9.17, 15) is 4.79 Å². The summed E-state index contributed by atoms with van der Waals surface area (Å²) in [7, 11) is 0. The fourth-order valence-corrected chi connectivity index (χ4v) is 3.93. The number of hydrogen-bond acceptors (Lipinski definition) is 4. The van der Waals surface area contributed by atoms with Crippen molar-refractivity contribution in [2.75, 3.05) is 32.0 Å². The minimum absolute atomic E-state index is 0.147. The van der Waals surface area contributed by atoms with Crippen LogP contribution in [0, 0.1) is 0 Å². The fraction of sp³-hybridized carbons (Fsp3) is 0.632. The molecule has 5 heteroatoms. The maximum atomic E-state index is 12.2. The molecule has 1 saturated heterocycles. The van der Waals surface area contributed by atoms with Gasteiger partial charge in [-0.15, -0.1) is 11.8 Å². The van der Waals surface area contributed by atoms with E-state index in [-0.39, 0.29) is 11.3 Å². The van der Waals surface area contributed by atoms with Crippen molar-refractivity contribution in [3.05, 3.63) is 29.8 Å². The first-order valence-corrected chi connectivity index (χ1v) is 10.2. The number of carbonyl (C=O) groups excluding carboxylic acids is 1. The van der Waals surface area contributed by atoms with E-state index < -0.39 is 0 Å². The highest BCUT2D eigenvalue weighted by atomic mass is 32.2. The molecule has 134 valence electrons. The van der Waals surface area contributed by atoms with Crippen molar-refractivity contribution in [3.63, 3.8) is 0 Å². The third-order valence-corrected chi connectivity index (χ3v) is 5.34. The first kappa shape index (κ1) is 19.1. The molecule has 1 heterocycles. The molecule has 0 saturated carbocycles. The summed E-state index contributed by atoms with van der Waals surface area (Å²) in [6.45, 7) is 7.93. The predicted molar refractivity (Wildman–Crippen MR) is 102 cm³/mol. The zero-order chi connectivity index (χ0) is 17.2. The molecule has 1 amide bonds. The van der Waals surface area contributed by atoms with Crippen molar-refractivity contribution >= 4 is 17.7 Å². The van der Waals surface area contributed by atoms with Gasteiger partial charge in [-0.1, -0.05) is 32.4 Å². The summed E-state index contributed by atoms with van der Waals surface area (Å²) in [5.74, 6) is 1.75. The molecule has 1 aromatic rings. The SMILES string of the molecule is CCCCOc1ccc(C2SCC(=O)N2CCCNCCC)cc1. The molecule has 1 N–H and O–H groups in total. The Morgan fingerprint density at radius 3 is 2.67 bits per heavy atom. The highest BCUT2D eigenvalue weighted by molar-refractivity contribution is 8.00. The van der Waals surface area contributed by atoms with Crippen LogP contribution in [0.15, 0.2) is 24.3 Å². The lowest BCUT2D eigenvalue weighted by Crippen LogP contribution is -2.31. The van der Waals surface area contributed by atoms with Gasteiger partial charge in [-0.3, -0.25) is 4.79 Å². The molecule has 1 aromatic carbocycles. The molecule has 1 aliphatic heterocycles. The molecule has 1 atom stereocenters. The van der Waals surface area contributed by atoms with Gasteiger partial charge in [0.25, 0.3) is 0 Å². The van der Waals surface area contributed by atoms with Crippen LogP contribution in [0.2, 0.25) is 0 Å². The number of rotatable bonds is 11. The Morgan fingerprint density at radius 2 is 1.96 bits per heavy atom. The van der Waals surface area contributed by atoms with Crippen molar-refractivity contribution < 1.29 is 9.53 Å². The Balaban J connectivity index is 1.87. The molecule has 0 aliphatic carbocycles. The zero-order valence-electron chi connectivity index (χ0n) is 14.9. The van der Waals surface area contributed by atoms with Crippen LogP contribution in [-0.2, 0) is 4.79 Å². The van der Waals surface area contributed by atoms with Gasteiger partial charge in [0.05, 0.1) is 12.4 Å². The van der Waals surface area contributed by atoms with Crippen molar-refractivity contribution in [2.45, 2.75) is 44.9 Å². The molecule has 0 aromatic heterocycles. The Bertz CT molecular complexity index is 493. The van der Waals surface area contributed by atoms with Crippen LogP contribution in [0.5, 0.6) is 5.75 Å². The normalized spacial score (nSPS) is 17.5. The lowest BCUT2D eigenvalue weighted by molar-refractivity contribution is -0.128. The van der Waals surface area contributed by atoms with Gasteiger partial charge in [0, 0.05) is 6.54 Å². The summed E-state index contributed by atoms with van der Waals surface area (Å²) in [6, 6.07) is 8.24. The van der Waals surface area contributed by atoms with Crippen LogP contribution >= 0.6 is 11.8 Å². The van der Waals surface area contributed by atoms with Gasteiger partial charge in [0.15, 0.2) is 0 Å². The summed E-state index contributed by atoms with van der Waals surface area (Å²) < 4.78 is 5.72. The molecule has 1 unspecified atom stereocenters. The second kappa shape index (κ2) is 10.6. The second-order valence-corrected chi connectivity index (χ2v) is 7.19. The molecule has 1 aliphatic rings. The topological polar surface area (TPSA) is 41.6 Å². The van der Waals surface area contributed by atoms with Gasteiger partial charge in [-0.2, -0.15) is 0 Å². The number of nitrogens with zero attached hydrogens (tertiary/aromatic N) is 1. The standard InChI is InChI=1S/C19H30N2O2S/c1-3-5-14-23-17-9-7-16(8-10-17)19-21(18(22)15-24-19)13-6-12-20-11-4-2/h7-10,19-20H,3-6,11-15H2,1-2H3. The maximum Gasteiger partial charge on any atom is 0.233 e. The highest BCUT2D eigenvalue weighted by Crippen LogP contribution is 2.39. The number of unbranched alkanes of at least 4 members (excludes halogenated alkanes) is 1. The van der Waals surface area contributed by atoms with E-state index in [0.717, 1.165) is 57.7 Å². The van der Waals surface area contributed by atoms with E-state index in [1.807, 2.05) is 17.0 Å². The number of nitrogens with one attached hydrogen (secondary N) is 1. The van der Waals surface area contributed by atoms with E-state index in [4.69, 9.17) is 4.74 Å². The van der Waals surface area contributed by atoms with E-state index in [0.29, 0.717) is 5.75 Å². The molecular formula is C19H30N2O2S. The van der Waals surface area contributed by atoms with Crippen LogP contribution < -0.4 is 10.1 Å².